The smallest absolute Gasteiger partial charge is 0.231 e. The fourth-order valence-corrected chi connectivity index (χ4v) is 4.53. The summed E-state index contributed by atoms with van der Waals surface area (Å²) in [5.41, 5.74) is 4.31. The zero-order chi connectivity index (χ0) is 22.2. The highest BCUT2D eigenvalue weighted by atomic mass is 32.1. The molecule has 0 unspecified atom stereocenters. The molecule has 0 bridgehead atoms. The van der Waals surface area contributed by atoms with E-state index in [4.69, 9.17) is 4.98 Å². The van der Waals surface area contributed by atoms with E-state index in [0.29, 0.717) is 6.42 Å². The van der Waals surface area contributed by atoms with Crippen molar-refractivity contribution >= 4 is 29.0 Å². The number of nitrogens with one attached hydrogen (secondary N) is 1. The standard InChI is InChI=1S/C26H30N4OS/c1-21-9-11-23(12-10-21)27-25(31)18-26-28-24(20-32-26)19-30-16-14-29(15-17-30)13-5-8-22-6-3-2-4-7-22/h2-12,20H,13-19H2,1H3,(H,27,31)/b8-5+. The van der Waals surface area contributed by atoms with Gasteiger partial charge in [-0.15, -0.1) is 11.3 Å². The first-order chi connectivity index (χ1) is 15.6. The van der Waals surface area contributed by atoms with Crippen LogP contribution in [0.4, 0.5) is 5.69 Å². The summed E-state index contributed by atoms with van der Waals surface area (Å²) in [5.74, 6) is -0.0214. The SMILES string of the molecule is Cc1ccc(NC(=O)Cc2nc(CN3CCN(C/C=C/c4ccccc4)CC3)cs2)cc1. The van der Waals surface area contributed by atoms with Crippen LogP contribution in [0, 0.1) is 6.92 Å². The van der Waals surface area contributed by atoms with Gasteiger partial charge in [0.1, 0.15) is 5.01 Å². The number of hydrogen-bond acceptors (Lipinski definition) is 5. The van der Waals surface area contributed by atoms with Crippen LogP contribution in [0.2, 0.25) is 0 Å². The number of nitrogens with zero attached hydrogens (tertiary/aromatic N) is 3. The van der Waals surface area contributed by atoms with Crippen molar-refractivity contribution in [1.82, 2.24) is 14.8 Å². The van der Waals surface area contributed by atoms with Crippen LogP contribution in [0.1, 0.15) is 21.8 Å². The molecule has 0 aliphatic carbocycles. The summed E-state index contributed by atoms with van der Waals surface area (Å²) in [6, 6.07) is 18.3. The summed E-state index contributed by atoms with van der Waals surface area (Å²) < 4.78 is 0. The lowest BCUT2D eigenvalue weighted by Gasteiger charge is -2.33. The van der Waals surface area contributed by atoms with Crippen LogP contribution in [-0.4, -0.2) is 53.4 Å². The van der Waals surface area contributed by atoms with E-state index in [1.165, 1.54) is 11.1 Å². The molecule has 3 aromatic rings. The Labute approximate surface area is 194 Å². The third-order valence-corrected chi connectivity index (χ3v) is 6.47. The molecule has 1 N–H and O–H groups in total. The van der Waals surface area contributed by atoms with E-state index < -0.39 is 0 Å². The molecule has 0 saturated carbocycles. The summed E-state index contributed by atoms with van der Waals surface area (Å²) in [6.07, 6.45) is 4.76. The Kier molecular flexibility index (Phi) is 7.82. The van der Waals surface area contributed by atoms with E-state index in [2.05, 4.69) is 56.9 Å². The number of aryl methyl sites for hydroxylation is 1. The molecular formula is C26H30N4OS. The number of piperazine rings is 1. The Morgan fingerprint density at radius 1 is 1.03 bits per heavy atom. The van der Waals surface area contributed by atoms with Crippen LogP contribution in [0.5, 0.6) is 0 Å². The highest BCUT2D eigenvalue weighted by Gasteiger charge is 2.17. The van der Waals surface area contributed by atoms with E-state index in [1.54, 1.807) is 11.3 Å². The largest absolute Gasteiger partial charge is 0.326 e. The second-order valence-corrected chi connectivity index (χ2v) is 9.16. The number of carbonyl (C=O) groups excluding carboxylic acids is 1. The quantitative estimate of drug-likeness (QED) is 0.555. The third kappa shape index (κ3) is 6.85. The fraction of sp³-hybridized carbons (Fsp3) is 0.308. The van der Waals surface area contributed by atoms with Gasteiger partial charge in [-0.05, 0) is 24.6 Å². The van der Waals surface area contributed by atoms with Crippen molar-refractivity contribution in [3.8, 4) is 0 Å². The van der Waals surface area contributed by atoms with Crippen molar-refractivity contribution in [3.05, 3.63) is 87.9 Å². The van der Waals surface area contributed by atoms with E-state index in [0.717, 1.165) is 55.7 Å². The molecule has 32 heavy (non-hydrogen) atoms. The Morgan fingerprint density at radius 3 is 2.50 bits per heavy atom. The molecule has 0 atom stereocenters. The first-order valence-electron chi connectivity index (χ1n) is 11.1. The molecule has 5 nitrogen and oxygen atoms in total. The molecule has 4 rings (SSSR count). The molecule has 1 saturated heterocycles. The zero-order valence-electron chi connectivity index (χ0n) is 18.5. The molecular weight excluding hydrogens is 416 g/mol. The zero-order valence-corrected chi connectivity index (χ0v) is 19.4. The van der Waals surface area contributed by atoms with Gasteiger partial charge in [-0.1, -0.05) is 60.2 Å². The van der Waals surface area contributed by atoms with Gasteiger partial charge in [-0.25, -0.2) is 4.98 Å². The molecule has 1 amide bonds. The highest BCUT2D eigenvalue weighted by molar-refractivity contribution is 7.09. The first-order valence-corrected chi connectivity index (χ1v) is 12.0. The lowest BCUT2D eigenvalue weighted by atomic mass is 10.2. The minimum absolute atomic E-state index is 0.0214. The van der Waals surface area contributed by atoms with Crippen molar-refractivity contribution in [2.24, 2.45) is 0 Å². The summed E-state index contributed by atoms with van der Waals surface area (Å²) in [4.78, 5) is 21.9. The van der Waals surface area contributed by atoms with E-state index in [-0.39, 0.29) is 5.91 Å². The lowest BCUT2D eigenvalue weighted by molar-refractivity contribution is -0.115. The fourth-order valence-electron chi connectivity index (χ4n) is 3.74. The first kappa shape index (κ1) is 22.4. The maximum absolute atomic E-state index is 12.3. The molecule has 1 aliphatic heterocycles. The Morgan fingerprint density at radius 2 is 1.75 bits per heavy atom. The predicted octanol–water partition coefficient (Wildman–Crippen LogP) is 4.46. The normalized spacial score (nSPS) is 15.3. The number of carbonyl (C=O) groups is 1. The average Bonchev–Trinajstić information content (AvgIpc) is 3.24. The van der Waals surface area contributed by atoms with Crippen LogP contribution in [0.25, 0.3) is 6.08 Å². The van der Waals surface area contributed by atoms with Gasteiger partial charge in [-0.3, -0.25) is 14.6 Å². The molecule has 1 aromatic heterocycles. The predicted molar refractivity (Wildman–Crippen MR) is 133 cm³/mol. The molecule has 1 fully saturated rings. The van der Waals surface area contributed by atoms with Gasteiger partial charge < -0.3 is 5.32 Å². The van der Waals surface area contributed by atoms with Gasteiger partial charge in [0, 0.05) is 50.3 Å². The van der Waals surface area contributed by atoms with Crippen LogP contribution in [0.15, 0.2) is 66.1 Å². The summed E-state index contributed by atoms with van der Waals surface area (Å²) >= 11 is 1.57. The summed E-state index contributed by atoms with van der Waals surface area (Å²) in [6.45, 7) is 8.08. The van der Waals surface area contributed by atoms with Crippen LogP contribution in [-0.2, 0) is 17.8 Å². The number of aromatic nitrogens is 1. The highest BCUT2D eigenvalue weighted by Crippen LogP contribution is 2.15. The van der Waals surface area contributed by atoms with Gasteiger partial charge in [0.2, 0.25) is 5.91 Å². The van der Waals surface area contributed by atoms with Gasteiger partial charge >= 0.3 is 0 Å². The van der Waals surface area contributed by atoms with Crippen LogP contribution in [0.3, 0.4) is 0 Å². The second kappa shape index (κ2) is 11.2. The van der Waals surface area contributed by atoms with Crippen LogP contribution >= 0.6 is 11.3 Å². The number of thiazole rings is 1. The molecule has 1 aliphatic rings. The van der Waals surface area contributed by atoms with E-state index in [9.17, 15) is 4.79 Å². The van der Waals surface area contributed by atoms with Crippen molar-refractivity contribution in [2.75, 3.05) is 38.0 Å². The van der Waals surface area contributed by atoms with Crippen molar-refractivity contribution in [2.45, 2.75) is 19.9 Å². The molecule has 0 spiro atoms. The third-order valence-electron chi connectivity index (χ3n) is 5.57. The minimum Gasteiger partial charge on any atom is -0.326 e. The molecule has 0 radical (unpaired) electrons. The Bertz CT molecular complexity index is 1020. The number of hydrogen-bond donors (Lipinski definition) is 1. The topological polar surface area (TPSA) is 48.5 Å². The maximum Gasteiger partial charge on any atom is 0.231 e. The average molecular weight is 447 g/mol. The van der Waals surface area contributed by atoms with Crippen LogP contribution < -0.4 is 5.32 Å². The van der Waals surface area contributed by atoms with Crippen molar-refractivity contribution in [3.63, 3.8) is 0 Å². The Balaban J connectivity index is 1.18. The van der Waals surface area contributed by atoms with Crippen molar-refractivity contribution < 1.29 is 4.79 Å². The number of rotatable bonds is 8. The number of anilines is 1. The van der Waals surface area contributed by atoms with Gasteiger partial charge in [-0.2, -0.15) is 0 Å². The molecule has 166 valence electrons. The molecule has 6 heteroatoms. The van der Waals surface area contributed by atoms with E-state index in [1.807, 2.05) is 37.3 Å². The van der Waals surface area contributed by atoms with Gasteiger partial charge in [0.15, 0.2) is 0 Å². The number of amides is 1. The second-order valence-electron chi connectivity index (χ2n) is 8.21. The Hall–Kier alpha value is -2.80. The summed E-state index contributed by atoms with van der Waals surface area (Å²) in [7, 11) is 0. The van der Waals surface area contributed by atoms with Gasteiger partial charge in [0.05, 0.1) is 12.1 Å². The van der Waals surface area contributed by atoms with Gasteiger partial charge in [0.25, 0.3) is 0 Å². The maximum atomic E-state index is 12.3. The monoisotopic (exact) mass is 446 g/mol. The summed E-state index contributed by atoms with van der Waals surface area (Å²) in [5, 5.41) is 5.90. The molecule has 2 heterocycles. The number of benzene rings is 2. The van der Waals surface area contributed by atoms with E-state index >= 15 is 0 Å². The lowest BCUT2D eigenvalue weighted by Crippen LogP contribution is -2.45. The van der Waals surface area contributed by atoms with Crippen molar-refractivity contribution in [1.29, 1.82) is 0 Å². The molecule has 2 aromatic carbocycles. The minimum atomic E-state index is -0.0214.